The quantitative estimate of drug-likeness (QED) is 0.862. The molecular weight excluding hydrogens is 293 g/mol. The molecule has 20 heavy (non-hydrogen) atoms. The third-order valence-electron chi connectivity index (χ3n) is 3.82. The van der Waals surface area contributed by atoms with Crippen molar-refractivity contribution in [2.24, 2.45) is 5.41 Å². The molecule has 1 spiro atoms. The summed E-state index contributed by atoms with van der Waals surface area (Å²) in [6.45, 7) is 4.97. The zero-order chi connectivity index (χ0) is 13.7. The fourth-order valence-electron chi connectivity index (χ4n) is 2.85. The smallest absolute Gasteiger partial charge is 0.355 e. The minimum absolute atomic E-state index is 0. The van der Waals surface area contributed by atoms with Crippen LogP contribution in [0.2, 0.25) is 0 Å². The van der Waals surface area contributed by atoms with Crippen LogP contribution in [0.25, 0.3) is 0 Å². The van der Waals surface area contributed by atoms with Gasteiger partial charge in [-0.2, -0.15) is 13.2 Å². The maximum atomic E-state index is 12.7. The minimum Gasteiger partial charge on any atom is -0.355 e. The number of rotatable bonds is 1. The number of halogens is 4. The van der Waals surface area contributed by atoms with Crippen LogP contribution < -0.4 is 10.2 Å². The van der Waals surface area contributed by atoms with Crippen molar-refractivity contribution in [2.75, 3.05) is 31.1 Å². The Bertz CT molecular complexity index is 492. The summed E-state index contributed by atoms with van der Waals surface area (Å²) in [5, 5.41) is 3.29. The van der Waals surface area contributed by atoms with Crippen molar-refractivity contribution in [1.82, 2.24) is 15.3 Å². The van der Waals surface area contributed by atoms with Crippen LogP contribution in [0.3, 0.4) is 0 Å². The fraction of sp³-hybridized carbons (Fsp3) is 0.667. The average Bonchev–Trinajstić information content (AvgIpc) is 2.73. The van der Waals surface area contributed by atoms with Gasteiger partial charge in [-0.25, -0.2) is 9.97 Å². The Balaban J connectivity index is 0.00000147. The summed E-state index contributed by atoms with van der Waals surface area (Å²) in [6.07, 6.45) is -3.33. The number of aryl methyl sites for hydroxylation is 1. The normalized spacial score (nSPS) is 20.7. The molecule has 0 bridgehead atoms. The molecule has 3 rings (SSSR count). The number of nitrogens with zero attached hydrogens (tertiary/aromatic N) is 3. The standard InChI is InChI=1S/C12H15F3N4.ClH/c1-8-17-9(12(13,14)15)4-10(18-8)19-6-11(7-19)2-3-16-5-11;/h4,16H,2-3,5-7H2,1H3;1H. The molecule has 8 heteroatoms. The number of nitrogens with one attached hydrogen (secondary N) is 1. The lowest BCUT2D eigenvalue weighted by atomic mass is 9.79. The van der Waals surface area contributed by atoms with Gasteiger partial charge in [-0.3, -0.25) is 0 Å². The van der Waals surface area contributed by atoms with Crippen LogP contribution in [0.1, 0.15) is 17.9 Å². The van der Waals surface area contributed by atoms with Gasteiger partial charge in [0.1, 0.15) is 17.3 Å². The minimum atomic E-state index is -4.42. The van der Waals surface area contributed by atoms with Crippen LogP contribution >= 0.6 is 12.4 Å². The Hall–Kier alpha value is -1.08. The molecule has 3 heterocycles. The van der Waals surface area contributed by atoms with E-state index in [4.69, 9.17) is 0 Å². The van der Waals surface area contributed by atoms with Crippen LogP contribution in [0, 0.1) is 12.3 Å². The highest BCUT2D eigenvalue weighted by molar-refractivity contribution is 5.85. The number of anilines is 1. The Morgan fingerprint density at radius 1 is 1.30 bits per heavy atom. The number of hydrogen-bond donors (Lipinski definition) is 1. The van der Waals surface area contributed by atoms with E-state index in [9.17, 15) is 13.2 Å². The second-order valence-electron chi connectivity index (χ2n) is 5.44. The maximum absolute atomic E-state index is 12.7. The highest BCUT2D eigenvalue weighted by atomic mass is 35.5. The van der Waals surface area contributed by atoms with Gasteiger partial charge in [0.05, 0.1) is 0 Å². The van der Waals surface area contributed by atoms with Crippen LogP contribution in [0.15, 0.2) is 6.07 Å². The van der Waals surface area contributed by atoms with Gasteiger partial charge in [0.25, 0.3) is 0 Å². The van der Waals surface area contributed by atoms with E-state index in [-0.39, 0.29) is 23.6 Å². The van der Waals surface area contributed by atoms with Crippen molar-refractivity contribution < 1.29 is 13.2 Å². The predicted octanol–water partition coefficient (Wildman–Crippen LogP) is 2.03. The first-order valence-electron chi connectivity index (χ1n) is 6.27. The van der Waals surface area contributed by atoms with Gasteiger partial charge in [-0.15, -0.1) is 12.4 Å². The summed E-state index contributed by atoms with van der Waals surface area (Å²) in [5.74, 6) is 0.549. The molecule has 2 aliphatic heterocycles. The van der Waals surface area contributed by atoms with Crippen molar-refractivity contribution in [1.29, 1.82) is 0 Å². The molecule has 0 unspecified atom stereocenters. The van der Waals surface area contributed by atoms with Crippen LogP contribution in [0.5, 0.6) is 0 Å². The van der Waals surface area contributed by atoms with Crippen LogP contribution in [-0.2, 0) is 6.18 Å². The molecule has 0 saturated carbocycles. The average molecular weight is 309 g/mol. The van der Waals surface area contributed by atoms with Gasteiger partial charge in [-0.05, 0) is 19.9 Å². The topological polar surface area (TPSA) is 41.1 Å². The molecule has 2 fully saturated rings. The largest absolute Gasteiger partial charge is 0.433 e. The summed E-state index contributed by atoms with van der Waals surface area (Å²) < 4.78 is 38.1. The molecule has 0 atom stereocenters. The fourth-order valence-corrected chi connectivity index (χ4v) is 2.85. The number of alkyl halides is 3. The molecule has 0 aliphatic carbocycles. The van der Waals surface area contributed by atoms with Crippen molar-refractivity contribution in [3.05, 3.63) is 17.6 Å². The summed E-state index contributed by atoms with van der Waals surface area (Å²) in [6, 6.07) is 1.04. The first-order valence-corrected chi connectivity index (χ1v) is 6.27. The molecule has 4 nitrogen and oxygen atoms in total. The Morgan fingerprint density at radius 2 is 2.00 bits per heavy atom. The van der Waals surface area contributed by atoms with E-state index in [2.05, 4.69) is 15.3 Å². The van der Waals surface area contributed by atoms with Crippen LogP contribution in [0.4, 0.5) is 19.0 Å². The predicted molar refractivity (Wildman–Crippen MR) is 71.2 cm³/mol. The van der Waals surface area contributed by atoms with Crippen molar-refractivity contribution in [2.45, 2.75) is 19.5 Å². The molecule has 1 aromatic heterocycles. The van der Waals surface area contributed by atoms with Gasteiger partial charge in [0, 0.05) is 31.1 Å². The van der Waals surface area contributed by atoms with E-state index >= 15 is 0 Å². The summed E-state index contributed by atoms with van der Waals surface area (Å²) in [7, 11) is 0. The highest BCUT2D eigenvalue weighted by Gasteiger charge is 2.46. The van der Waals surface area contributed by atoms with E-state index in [1.807, 2.05) is 4.90 Å². The lowest BCUT2D eigenvalue weighted by Gasteiger charge is -2.48. The molecule has 1 aromatic rings. The lowest BCUT2D eigenvalue weighted by molar-refractivity contribution is -0.141. The molecular formula is C12H16ClF3N4. The third-order valence-corrected chi connectivity index (χ3v) is 3.82. The van der Waals surface area contributed by atoms with Gasteiger partial charge >= 0.3 is 6.18 Å². The monoisotopic (exact) mass is 308 g/mol. The van der Waals surface area contributed by atoms with Gasteiger partial charge in [0.15, 0.2) is 0 Å². The summed E-state index contributed by atoms with van der Waals surface area (Å²) in [5.41, 5.74) is -0.627. The number of hydrogen-bond acceptors (Lipinski definition) is 4. The Morgan fingerprint density at radius 3 is 2.55 bits per heavy atom. The van der Waals surface area contributed by atoms with Crippen molar-refractivity contribution in [3.63, 3.8) is 0 Å². The second-order valence-corrected chi connectivity index (χ2v) is 5.44. The van der Waals surface area contributed by atoms with E-state index in [1.54, 1.807) is 0 Å². The van der Waals surface area contributed by atoms with E-state index in [0.717, 1.165) is 38.7 Å². The first-order chi connectivity index (χ1) is 8.88. The van der Waals surface area contributed by atoms with E-state index in [0.29, 0.717) is 5.82 Å². The number of aromatic nitrogens is 2. The molecule has 0 aromatic carbocycles. The highest BCUT2D eigenvalue weighted by Crippen LogP contribution is 2.39. The van der Waals surface area contributed by atoms with Crippen molar-refractivity contribution >= 4 is 18.2 Å². The lowest BCUT2D eigenvalue weighted by Crippen LogP contribution is -2.57. The third kappa shape index (κ3) is 2.69. The Kier molecular flexibility index (Phi) is 3.85. The van der Waals surface area contributed by atoms with E-state index < -0.39 is 11.9 Å². The molecule has 0 amide bonds. The molecule has 0 radical (unpaired) electrons. The first kappa shape index (κ1) is 15.3. The van der Waals surface area contributed by atoms with Crippen LogP contribution in [-0.4, -0.2) is 36.1 Å². The van der Waals surface area contributed by atoms with Gasteiger partial charge in [-0.1, -0.05) is 0 Å². The molecule has 112 valence electrons. The summed E-state index contributed by atoms with van der Waals surface area (Å²) >= 11 is 0. The van der Waals surface area contributed by atoms with E-state index in [1.165, 1.54) is 6.92 Å². The van der Waals surface area contributed by atoms with Crippen molar-refractivity contribution in [3.8, 4) is 0 Å². The second kappa shape index (κ2) is 5.04. The summed E-state index contributed by atoms with van der Waals surface area (Å²) in [4.78, 5) is 9.48. The Labute approximate surface area is 121 Å². The molecule has 2 saturated heterocycles. The SMILES string of the molecule is Cc1nc(N2CC3(CCNC3)C2)cc(C(F)(F)F)n1.Cl. The zero-order valence-electron chi connectivity index (χ0n) is 11.0. The maximum Gasteiger partial charge on any atom is 0.433 e. The zero-order valence-corrected chi connectivity index (χ0v) is 11.8. The molecule has 1 N–H and O–H groups in total. The van der Waals surface area contributed by atoms with Gasteiger partial charge < -0.3 is 10.2 Å². The van der Waals surface area contributed by atoms with Gasteiger partial charge in [0.2, 0.25) is 0 Å². The molecule has 2 aliphatic rings.